The van der Waals surface area contributed by atoms with Gasteiger partial charge in [0.25, 0.3) is 5.91 Å². The Kier molecular flexibility index (Phi) is 5.44. The van der Waals surface area contributed by atoms with Gasteiger partial charge < -0.3 is 16.0 Å². The maximum absolute atomic E-state index is 11.9. The van der Waals surface area contributed by atoms with Crippen molar-refractivity contribution >= 4 is 23.4 Å². The van der Waals surface area contributed by atoms with E-state index in [2.05, 4.69) is 36.1 Å². The number of aromatic nitrogens is 4. The topological polar surface area (TPSA) is 105 Å². The van der Waals surface area contributed by atoms with E-state index in [1.54, 1.807) is 36.7 Å². The molecule has 0 aromatic carbocycles. The lowest BCUT2D eigenvalue weighted by molar-refractivity contribution is 0.0955. The fraction of sp³-hybridized carbons (Fsp3) is 0.118. The molecule has 0 aliphatic carbocycles. The minimum Gasteiger partial charge on any atom is -0.367 e. The molecule has 3 aromatic heterocycles. The van der Waals surface area contributed by atoms with Crippen molar-refractivity contribution in [2.24, 2.45) is 0 Å². The van der Waals surface area contributed by atoms with Crippen molar-refractivity contribution in [3.8, 4) is 0 Å². The zero-order valence-electron chi connectivity index (χ0n) is 13.4. The molecule has 25 heavy (non-hydrogen) atoms. The molecule has 0 aliphatic rings. The Balaban J connectivity index is 1.42. The van der Waals surface area contributed by atoms with Crippen molar-refractivity contribution in [1.82, 2.24) is 25.5 Å². The second-order valence-corrected chi connectivity index (χ2v) is 5.07. The minimum absolute atomic E-state index is 0.157. The molecule has 0 radical (unpaired) electrons. The van der Waals surface area contributed by atoms with E-state index in [9.17, 15) is 4.79 Å². The molecule has 0 saturated heterocycles. The standard InChI is InChI=1S/C17H17N7O/c25-17(13-4-3-8-18-12-13)21-11-10-20-15-6-7-16(24-23-15)22-14-5-1-2-9-19-14/h1-9,12H,10-11H2,(H,20,23)(H,21,25)(H,19,22,24). The van der Waals surface area contributed by atoms with Crippen LogP contribution in [0.25, 0.3) is 0 Å². The summed E-state index contributed by atoms with van der Waals surface area (Å²) in [5.74, 6) is 1.78. The van der Waals surface area contributed by atoms with Gasteiger partial charge in [0.2, 0.25) is 0 Å². The predicted octanol–water partition coefficient (Wildman–Crippen LogP) is 1.85. The maximum Gasteiger partial charge on any atom is 0.252 e. The number of pyridine rings is 2. The Labute approximate surface area is 144 Å². The molecular formula is C17H17N7O. The van der Waals surface area contributed by atoms with Crippen LogP contribution >= 0.6 is 0 Å². The lowest BCUT2D eigenvalue weighted by Gasteiger charge is -2.08. The molecule has 3 N–H and O–H groups in total. The Bertz CT molecular complexity index is 794. The molecule has 3 aromatic rings. The molecule has 0 unspecified atom stereocenters. The third kappa shape index (κ3) is 4.96. The SMILES string of the molecule is O=C(NCCNc1ccc(Nc2ccccn2)nn1)c1cccnc1. The molecule has 0 atom stereocenters. The molecule has 8 nitrogen and oxygen atoms in total. The number of carbonyl (C=O) groups is 1. The number of hydrogen-bond acceptors (Lipinski definition) is 7. The van der Waals surface area contributed by atoms with Crippen LogP contribution in [0.1, 0.15) is 10.4 Å². The quantitative estimate of drug-likeness (QED) is 0.566. The van der Waals surface area contributed by atoms with Crippen molar-refractivity contribution in [3.63, 3.8) is 0 Å². The summed E-state index contributed by atoms with van der Waals surface area (Å²) < 4.78 is 0. The predicted molar refractivity (Wildman–Crippen MR) is 94.6 cm³/mol. The Morgan fingerprint density at radius 1 is 0.880 bits per heavy atom. The first kappa shape index (κ1) is 16.3. The molecule has 0 fully saturated rings. The lowest BCUT2D eigenvalue weighted by Crippen LogP contribution is -2.28. The van der Waals surface area contributed by atoms with Gasteiger partial charge in [0.05, 0.1) is 5.56 Å². The molecule has 0 aliphatic heterocycles. The highest BCUT2D eigenvalue weighted by atomic mass is 16.1. The Morgan fingerprint density at radius 3 is 2.48 bits per heavy atom. The molecule has 0 bridgehead atoms. The molecule has 3 rings (SSSR count). The van der Waals surface area contributed by atoms with Gasteiger partial charge in [-0.25, -0.2) is 4.98 Å². The second-order valence-electron chi connectivity index (χ2n) is 5.07. The summed E-state index contributed by atoms with van der Waals surface area (Å²) in [5, 5.41) is 17.1. The fourth-order valence-corrected chi connectivity index (χ4v) is 2.03. The maximum atomic E-state index is 11.9. The summed E-state index contributed by atoms with van der Waals surface area (Å²) >= 11 is 0. The van der Waals surface area contributed by atoms with Gasteiger partial charge in [0, 0.05) is 31.7 Å². The average Bonchev–Trinajstić information content (AvgIpc) is 2.68. The normalized spacial score (nSPS) is 10.1. The number of amides is 1. The van der Waals surface area contributed by atoms with E-state index in [0.717, 1.165) is 0 Å². The van der Waals surface area contributed by atoms with Crippen LogP contribution in [0.5, 0.6) is 0 Å². The van der Waals surface area contributed by atoms with Crippen LogP contribution in [-0.4, -0.2) is 39.2 Å². The van der Waals surface area contributed by atoms with Crippen LogP contribution in [0.15, 0.2) is 61.1 Å². The third-order valence-corrected chi connectivity index (χ3v) is 3.23. The number of carbonyl (C=O) groups excluding carboxylic acids is 1. The van der Waals surface area contributed by atoms with Crippen LogP contribution < -0.4 is 16.0 Å². The molecule has 8 heteroatoms. The summed E-state index contributed by atoms with van der Waals surface area (Å²) in [7, 11) is 0. The van der Waals surface area contributed by atoms with Crippen LogP contribution in [0, 0.1) is 0 Å². The van der Waals surface area contributed by atoms with Crippen molar-refractivity contribution < 1.29 is 4.79 Å². The molecule has 1 amide bonds. The second kappa shape index (κ2) is 8.34. The van der Waals surface area contributed by atoms with Crippen LogP contribution in [-0.2, 0) is 0 Å². The number of anilines is 3. The first-order chi connectivity index (χ1) is 12.3. The molecule has 126 valence electrons. The van der Waals surface area contributed by atoms with E-state index in [1.165, 1.54) is 6.20 Å². The van der Waals surface area contributed by atoms with Gasteiger partial charge in [-0.05, 0) is 36.4 Å². The number of rotatable bonds is 7. The van der Waals surface area contributed by atoms with Gasteiger partial charge in [-0.2, -0.15) is 0 Å². The number of nitrogens with one attached hydrogen (secondary N) is 3. The third-order valence-electron chi connectivity index (χ3n) is 3.23. The van der Waals surface area contributed by atoms with E-state index in [0.29, 0.717) is 36.1 Å². The molecular weight excluding hydrogens is 318 g/mol. The minimum atomic E-state index is -0.157. The highest BCUT2D eigenvalue weighted by Gasteiger charge is 2.04. The van der Waals surface area contributed by atoms with E-state index >= 15 is 0 Å². The average molecular weight is 335 g/mol. The van der Waals surface area contributed by atoms with E-state index in [1.807, 2.05) is 18.2 Å². The van der Waals surface area contributed by atoms with Crippen LogP contribution in [0.4, 0.5) is 17.5 Å². The van der Waals surface area contributed by atoms with Gasteiger partial charge in [0.15, 0.2) is 5.82 Å². The largest absolute Gasteiger partial charge is 0.367 e. The lowest BCUT2D eigenvalue weighted by atomic mass is 10.3. The number of hydrogen-bond donors (Lipinski definition) is 3. The summed E-state index contributed by atoms with van der Waals surface area (Å²) in [6.07, 6.45) is 4.86. The van der Waals surface area contributed by atoms with Gasteiger partial charge >= 0.3 is 0 Å². The fourth-order valence-electron chi connectivity index (χ4n) is 2.03. The highest BCUT2D eigenvalue weighted by Crippen LogP contribution is 2.11. The smallest absolute Gasteiger partial charge is 0.252 e. The first-order valence-corrected chi connectivity index (χ1v) is 7.75. The van der Waals surface area contributed by atoms with E-state index < -0.39 is 0 Å². The number of nitrogens with zero attached hydrogens (tertiary/aromatic N) is 4. The van der Waals surface area contributed by atoms with Gasteiger partial charge in [0.1, 0.15) is 11.6 Å². The van der Waals surface area contributed by atoms with Crippen molar-refractivity contribution in [1.29, 1.82) is 0 Å². The summed E-state index contributed by atoms with van der Waals surface area (Å²) in [5.41, 5.74) is 0.534. The monoisotopic (exact) mass is 335 g/mol. The zero-order valence-corrected chi connectivity index (χ0v) is 13.4. The summed E-state index contributed by atoms with van der Waals surface area (Å²) in [6.45, 7) is 0.997. The summed E-state index contributed by atoms with van der Waals surface area (Å²) in [6, 6.07) is 12.6. The van der Waals surface area contributed by atoms with E-state index in [4.69, 9.17) is 0 Å². The van der Waals surface area contributed by atoms with Gasteiger partial charge in [-0.3, -0.25) is 9.78 Å². The molecule has 0 saturated carbocycles. The first-order valence-electron chi connectivity index (χ1n) is 7.75. The highest BCUT2D eigenvalue weighted by molar-refractivity contribution is 5.93. The zero-order chi connectivity index (χ0) is 17.3. The van der Waals surface area contributed by atoms with E-state index in [-0.39, 0.29) is 5.91 Å². The summed E-state index contributed by atoms with van der Waals surface area (Å²) in [4.78, 5) is 19.9. The molecule has 0 spiro atoms. The van der Waals surface area contributed by atoms with Crippen molar-refractivity contribution in [2.75, 3.05) is 23.7 Å². The van der Waals surface area contributed by atoms with Crippen LogP contribution in [0.2, 0.25) is 0 Å². The van der Waals surface area contributed by atoms with Crippen molar-refractivity contribution in [2.45, 2.75) is 0 Å². The Morgan fingerprint density at radius 2 is 1.76 bits per heavy atom. The van der Waals surface area contributed by atoms with Gasteiger partial charge in [-0.1, -0.05) is 6.07 Å². The van der Waals surface area contributed by atoms with Crippen molar-refractivity contribution in [3.05, 3.63) is 66.6 Å². The van der Waals surface area contributed by atoms with Crippen LogP contribution in [0.3, 0.4) is 0 Å². The molecule has 3 heterocycles. The van der Waals surface area contributed by atoms with Gasteiger partial charge in [-0.15, -0.1) is 10.2 Å². The Hall–Kier alpha value is -3.55.